The zero-order valence-electron chi connectivity index (χ0n) is 10.5. The molecule has 0 aromatic rings. The lowest BCUT2D eigenvalue weighted by Crippen LogP contribution is -2.37. The lowest BCUT2D eigenvalue weighted by molar-refractivity contribution is -0.129. The Morgan fingerprint density at radius 2 is 2.25 bits per heavy atom. The summed E-state index contributed by atoms with van der Waals surface area (Å²) in [5.41, 5.74) is 0.293. The van der Waals surface area contributed by atoms with Crippen molar-refractivity contribution >= 4 is 5.91 Å². The van der Waals surface area contributed by atoms with Crippen LogP contribution in [0.2, 0.25) is 0 Å². The van der Waals surface area contributed by atoms with Crippen molar-refractivity contribution in [2.75, 3.05) is 26.2 Å². The number of likely N-dealkylation sites (tertiary alicyclic amines) is 1. The van der Waals surface area contributed by atoms with Crippen LogP contribution in [0.25, 0.3) is 0 Å². The van der Waals surface area contributed by atoms with Gasteiger partial charge in [0.1, 0.15) is 0 Å². The van der Waals surface area contributed by atoms with Gasteiger partial charge in [0.25, 0.3) is 0 Å². The lowest BCUT2D eigenvalue weighted by atomic mass is 9.80. The molecule has 1 heterocycles. The molecule has 1 aliphatic rings. The highest BCUT2D eigenvalue weighted by Gasteiger charge is 2.33. The van der Waals surface area contributed by atoms with E-state index in [2.05, 4.69) is 32.0 Å². The third-order valence-electron chi connectivity index (χ3n) is 3.27. The second-order valence-electron chi connectivity index (χ2n) is 5.50. The van der Waals surface area contributed by atoms with Crippen molar-refractivity contribution < 1.29 is 4.79 Å². The molecule has 16 heavy (non-hydrogen) atoms. The topological polar surface area (TPSA) is 32.3 Å². The summed E-state index contributed by atoms with van der Waals surface area (Å²) in [7, 11) is 0. The van der Waals surface area contributed by atoms with Crippen LogP contribution in [0, 0.1) is 23.7 Å². The fourth-order valence-corrected chi connectivity index (χ4v) is 2.05. The molecule has 1 fully saturated rings. The SMILES string of the molecule is C#CCNCC(=O)N1CCC(C(C)(C)C)C1. The van der Waals surface area contributed by atoms with Crippen molar-refractivity contribution in [3.05, 3.63) is 0 Å². The van der Waals surface area contributed by atoms with Crippen molar-refractivity contribution in [2.45, 2.75) is 27.2 Å². The van der Waals surface area contributed by atoms with Crippen molar-refractivity contribution in [1.82, 2.24) is 10.2 Å². The quantitative estimate of drug-likeness (QED) is 0.573. The van der Waals surface area contributed by atoms with Crippen LogP contribution in [0.15, 0.2) is 0 Å². The zero-order valence-corrected chi connectivity index (χ0v) is 10.5. The van der Waals surface area contributed by atoms with Crippen molar-refractivity contribution in [2.24, 2.45) is 11.3 Å². The summed E-state index contributed by atoms with van der Waals surface area (Å²) in [6.45, 7) is 9.31. The summed E-state index contributed by atoms with van der Waals surface area (Å²) in [5, 5.41) is 2.94. The molecular weight excluding hydrogens is 200 g/mol. The number of carbonyl (C=O) groups is 1. The molecule has 3 nitrogen and oxygen atoms in total. The molecule has 1 aliphatic heterocycles. The van der Waals surface area contributed by atoms with Crippen LogP contribution >= 0.6 is 0 Å². The monoisotopic (exact) mass is 222 g/mol. The van der Waals surface area contributed by atoms with Gasteiger partial charge in [-0.2, -0.15) is 0 Å². The first-order valence-corrected chi connectivity index (χ1v) is 5.87. The second-order valence-corrected chi connectivity index (χ2v) is 5.50. The first kappa shape index (κ1) is 13.1. The van der Waals surface area contributed by atoms with Crippen LogP contribution in [-0.2, 0) is 4.79 Å². The van der Waals surface area contributed by atoms with Crippen LogP contribution in [0.4, 0.5) is 0 Å². The number of rotatable bonds is 3. The van der Waals surface area contributed by atoms with Gasteiger partial charge in [-0.25, -0.2) is 0 Å². The molecule has 90 valence electrons. The molecule has 0 aliphatic carbocycles. The summed E-state index contributed by atoms with van der Waals surface area (Å²) in [5.74, 6) is 3.25. The smallest absolute Gasteiger partial charge is 0.236 e. The zero-order chi connectivity index (χ0) is 12.2. The van der Waals surface area contributed by atoms with Crippen molar-refractivity contribution in [3.63, 3.8) is 0 Å². The molecule has 1 unspecified atom stereocenters. The number of hydrogen-bond acceptors (Lipinski definition) is 2. The molecule has 1 N–H and O–H groups in total. The maximum absolute atomic E-state index is 11.8. The lowest BCUT2D eigenvalue weighted by Gasteiger charge is -2.27. The maximum atomic E-state index is 11.8. The Hall–Kier alpha value is -1.01. The Morgan fingerprint density at radius 1 is 1.56 bits per heavy atom. The highest BCUT2D eigenvalue weighted by Crippen LogP contribution is 2.33. The molecule has 1 amide bonds. The minimum Gasteiger partial charge on any atom is -0.341 e. The summed E-state index contributed by atoms with van der Waals surface area (Å²) >= 11 is 0. The van der Waals surface area contributed by atoms with Crippen molar-refractivity contribution in [3.8, 4) is 12.3 Å². The van der Waals surface area contributed by atoms with E-state index in [1.165, 1.54) is 0 Å². The van der Waals surface area contributed by atoms with Crippen LogP contribution in [0.1, 0.15) is 27.2 Å². The van der Waals surface area contributed by atoms with Gasteiger partial charge in [-0.15, -0.1) is 6.42 Å². The molecule has 0 radical (unpaired) electrons. The minimum atomic E-state index is 0.169. The molecular formula is C13H22N2O. The van der Waals surface area contributed by atoms with E-state index >= 15 is 0 Å². The van der Waals surface area contributed by atoms with Gasteiger partial charge >= 0.3 is 0 Å². The van der Waals surface area contributed by atoms with Crippen LogP contribution in [0.3, 0.4) is 0 Å². The first-order valence-electron chi connectivity index (χ1n) is 5.87. The Morgan fingerprint density at radius 3 is 2.75 bits per heavy atom. The minimum absolute atomic E-state index is 0.169. The highest BCUT2D eigenvalue weighted by molar-refractivity contribution is 5.78. The fraction of sp³-hybridized carbons (Fsp3) is 0.769. The number of amides is 1. The van der Waals surface area contributed by atoms with E-state index in [0.29, 0.717) is 24.4 Å². The normalized spacial score (nSPS) is 20.9. The summed E-state index contributed by atoms with van der Waals surface area (Å²) in [6, 6.07) is 0. The number of carbonyl (C=O) groups excluding carboxylic acids is 1. The molecule has 0 aromatic heterocycles. The van der Waals surface area contributed by atoms with Gasteiger partial charge in [0.05, 0.1) is 13.1 Å². The first-order chi connectivity index (χ1) is 7.45. The molecule has 1 saturated heterocycles. The predicted molar refractivity (Wildman–Crippen MR) is 65.8 cm³/mol. The average molecular weight is 222 g/mol. The van der Waals surface area contributed by atoms with Gasteiger partial charge in [-0.1, -0.05) is 26.7 Å². The van der Waals surface area contributed by atoms with Gasteiger partial charge in [-0.05, 0) is 17.8 Å². The van der Waals surface area contributed by atoms with Crippen LogP contribution in [0.5, 0.6) is 0 Å². The fourth-order valence-electron chi connectivity index (χ4n) is 2.05. The third kappa shape index (κ3) is 3.53. The van der Waals surface area contributed by atoms with Gasteiger partial charge < -0.3 is 4.90 Å². The number of nitrogens with zero attached hydrogens (tertiary/aromatic N) is 1. The highest BCUT2D eigenvalue weighted by atomic mass is 16.2. The number of nitrogens with one attached hydrogen (secondary N) is 1. The van der Waals surface area contributed by atoms with Gasteiger partial charge in [0, 0.05) is 13.1 Å². The molecule has 0 bridgehead atoms. The number of terminal acetylenes is 1. The standard InChI is InChI=1S/C13H22N2O/c1-5-7-14-9-12(16)15-8-6-11(10-15)13(2,3)4/h1,11,14H,6-10H2,2-4H3. The van der Waals surface area contributed by atoms with E-state index in [1.807, 2.05) is 4.90 Å². The molecule has 1 atom stereocenters. The Labute approximate surface area is 98.6 Å². The second kappa shape index (κ2) is 5.36. The number of hydrogen-bond donors (Lipinski definition) is 1. The van der Waals surface area contributed by atoms with Crippen LogP contribution < -0.4 is 5.32 Å². The van der Waals surface area contributed by atoms with E-state index in [0.717, 1.165) is 19.5 Å². The average Bonchev–Trinajstić information content (AvgIpc) is 2.66. The van der Waals surface area contributed by atoms with Gasteiger partial charge in [0.15, 0.2) is 0 Å². The Bertz CT molecular complexity index is 285. The summed E-state index contributed by atoms with van der Waals surface area (Å²) in [6.07, 6.45) is 6.23. The Balaban J connectivity index is 2.36. The van der Waals surface area contributed by atoms with E-state index in [1.54, 1.807) is 0 Å². The van der Waals surface area contributed by atoms with Gasteiger partial charge in [0.2, 0.25) is 5.91 Å². The van der Waals surface area contributed by atoms with E-state index in [-0.39, 0.29) is 5.91 Å². The van der Waals surface area contributed by atoms with E-state index in [9.17, 15) is 4.79 Å². The summed E-state index contributed by atoms with van der Waals surface area (Å²) in [4.78, 5) is 13.7. The maximum Gasteiger partial charge on any atom is 0.236 e. The van der Waals surface area contributed by atoms with E-state index < -0.39 is 0 Å². The van der Waals surface area contributed by atoms with E-state index in [4.69, 9.17) is 6.42 Å². The molecule has 1 rings (SSSR count). The van der Waals surface area contributed by atoms with Crippen molar-refractivity contribution in [1.29, 1.82) is 0 Å². The summed E-state index contributed by atoms with van der Waals surface area (Å²) < 4.78 is 0. The van der Waals surface area contributed by atoms with Crippen LogP contribution in [-0.4, -0.2) is 37.0 Å². The largest absolute Gasteiger partial charge is 0.341 e. The predicted octanol–water partition coefficient (Wildman–Crippen LogP) is 1.10. The van der Waals surface area contributed by atoms with Gasteiger partial charge in [-0.3, -0.25) is 10.1 Å². The molecule has 3 heteroatoms. The molecule has 0 saturated carbocycles. The Kier molecular flexibility index (Phi) is 4.37. The third-order valence-corrected chi connectivity index (χ3v) is 3.27. The molecule has 0 spiro atoms. The molecule has 0 aromatic carbocycles.